The molecule has 0 aliphatic carbocycles. The van der Waals surface area contributed by atoms with E-state index >= 15 is 0 Å². The van der Waals surface area contributed by atoms with Crippen LogP contribution in [-0.4, -0.2) is 47.2 Å². The van der Waals surface area contributed by atoms with Crippen LogP contribution in [0.15, 0.2) is 48.7 Å². The van der Waals surface area contributed by atoms with Gasteiger partial charge in [-0.3, -0.25) is 9.69 Å². The molecule has 2 N–H and O–H groups in total. The quantitative estimate of drug-likeness (QED) is 0.346. The Balaban J connectivity index is 1.70. The van der Waals surface area contributed by atoms with Gasteiger partial charge in [-0.05, 0) is 54.3 Å². The molecule has 0 saturated heterocycles. The lowest BCUT2D eigenvalue weighted by atomic mass is 10.1. The van der Waals surface area contributed by atoms with Crippen molar-refractivity contribution in [1.29, 1.82) is 0 Å². The normalized spacial score (nSPS) is 11.0. The number of carbonyl (C=O) groups excluding carboxylic acids is 1. The molecule has 4 rings (SSSR count). The van der Waals surface area contributed by atoms with Crippen molar-refractivity contribution in [2.45, 2.75) is 53.1 Å². The molecule has 0 bridgehead atoms. The van der Waals surface area contributed by atoms with Crippen LogP contribution in [-0.2, 0) is 19.5 Å². The van der Waals surface area contributed by atoms with E-state index in [9.17, 15) is 14.7 Å². The van der Waals surface area contributed by atoms with Gasteiger partial charge in [-0.1, -0.05) is 54.3 Å². The highest BCUT2D eigenvalue weighted by Gasteiger charge is 2.27. The van der Waals surface area contributed by atoms with Crippen LogP contribution >= 0.6 is 0 Å². The van der Waals surface area contributed by atoms with Crippen LogP contribution in [0.2, 0.25) is 0 Å². The average Bonchev–Trinajstić information content (AvgIpc) is 3.53. The molecule has 1 amide bonds. The van der Waals surface area contributed by atoms with Crippen LogP contribution in [0.25, 0.3) is 0 Å². The minimum Gasteiger partial charge on any atom is -0.478 e. The predicted octanol–water partition coefficient (Wildman–Crippen LogP) is 3.95. The topological polar surface area (TPSA) is 130 Å². The highest BCUT2D eigenvalue weighted by atomic mass is 16.4. The van der Waals surface area contributed by atoms with Gasteiger partial charge in [0.05, 0.1) is 18.3 Å². The van der Waals surface area contributed by atoms with Crippen molar-refractivity contribution >= 4 is 17.8 Å². The van der Waals surface area contributed by atoms with Gasteiger partial charge in [0.2, 0.25) is 0 Å². The molecule has 0 aliphatic rings. The molecule has 0 atom stereocenters. The molecular formula is C26H29N7O3. The second-order valence-electron chi connectivity index (χ2n) is 8.78. The van der Waals surface area contributed by atoms with Gasteiger partial charge in [0.1, 0.15) is 11.5 Å². The number of benzene rings is 2. The Labute approximate surface area is 209 Å². The Morgan fingerprint density at radius 1 is 1.11 bits per heavy atom. The fourth-order valence-corrected chi connectivity index (χ4v) is 4.07. The van der Waals surface area contributed by atoms with E-state index in [-0.39, 0.29) is 24.0 Å². The fourth-order valence-electron chi connectivity index (χ4n) is 4.07. The van der Waals surface area contributed by atoms with E-state index in [1.165, 1.54) is 4.90 Å². The molecule has 36 heavy (non-hydrogen) atoms. The van der Waals surface area contributed by atoms with Crippen molar-refractivity contribution in [2.24, 2.45) is 0 Å². The van der Waals surface area contributed by atoms with Crippen LogP contribution in [0.4, 0.5) is 5.95 Å². The lowest BCUT2D eigenvalue weighted by molar-refractivity contribution is 0.0696. The number of unbranched alkanes of at least 4 members (excludes halogenated alkanes) is 1. The number of tetrazole rings is 1. The zero-order valence-electron chi connectivity index (χ0n) is 20.6. The van der Waals surface area contributed by atoms with Crippen molar-refractivity contribution in [3.8, 4) is 0 Å². The maximum atomic E-state index is 13.9. The first-order valence-corrected chi connectivity index (χ1v) is 11.9. The van der Waals surface area contributed by atoms with Crippen LogP contribution in [0, 0.1) is 13.8 Å². The number of imidazole rings is 1. The number of hydrogen-bond donors (Lipinski definition) is 2. The number of rotatable bonds is 10. The largest absolute Gasteiger partial charge is 0.478 e. The standard InChI is InChI=1S/C26H29N7O3/c1-4-5-6-23-27-14-22(32(23)15-19-8-11-20(12-9-19)25(35)36)24(34)33(26-28-30-31-29-26)16-21-10-7-17(2)13-18(21)3/h7-14H,4-6,15-16H2,1-3H3,(H,35,36)(H,28,29,30,31). The fraction of sp³-hybridized carbons (Fsp3) is 0.308. The summed E-state index contributed by atoms with van der Waals surface area (Å²) in [6.45, 7) is 6.79. The molecule has 0 saturated carbocycles. The first-order valence-electron chi connectivity index (χ1n) is 11.9. The van der Waals surface area contributed by atoms with Crippen molar-refractivity contribution in [1.82, 2.24) is 30.2 Å². The van der Waals surface area contributed by atoms with Gasteiger partial charge in [0.25, 0.3) is 11.9 Å². The number of carboxylic acid groups (broad SMARTS) is 1. The lowest BCUT2D eigenvalue weighted by Gasteiger charge is -2.21. The minimum atomic E-state index is -0.981. The highest BCUT2D eigenvalue weighted by molar-refractivity contribution is 6.03. The molecule has 0 aliphatic heterocycles. The molecule has 10 heteroatoms. The summed E-state index contributed by atoms with van der Waals surface area (Å²) in [6.07, 6.45) is 4.23. The molecule has 2 aromatic carbocycles. The van der Waals surface area contributed by atoms with Gasteiger partial charge in [-0.25, -0.2) is 9.78 Å². The Hall–Kier alpha value is -4.34. The van der Waals surface area contributed by atoms with E-state index in [0.29, 0.717) is 12.2 Å². The Morgan fingerprint density at radius 3 is 2.53 bits per heavy atom. The summed E-state index contributed by atoms with van der Waals surface area (Å²) in [5.41, 5.74) is 4.65. The van der Waals surface area contributed by atoms with E-state index in [0.717, 1.165) is 47.3 Å². The van der Waals surface area contributed by atoms with Crippen molar-refractivity contribution in [3.63, 3.8) is 0 Å². The summed E-state index contributed by atoms with van der Waals surface area (Å²) >= 11 is 0. The summed E-state index contributed by atoms with van der Waals surface area (Å²) in [7, 11) is 0. The maximum absolute atomic E-state index is 13.9. The number of aromatic nitrogens is 6. The smallest absolute Gasteiger partial charge is 0.335 e. The van der Waals surface area contributed by atoms with E-state index < -0.39 is 5.97 Å². The predicted molar refractivity (Wildman–Crippen MR) is 134 cm³/mol. The molecule has 0 fully saturated rings. The Bertz CT molecular complexity index is 1340. The number of nitrogens with zero attached hydrogens (tertiary/aromatic N) is 6. The van der Waals surface area contributed by atoms with Crippen LogP contribution in [0.3, 0.4) is 0 Å². The van der Waals surface area contributed by atoms with Crippen molar-refractivity contribution in [2.75, 3.05) is 4.90 Å². The second-order valence-corrected chi connectivity index (χ2v) is 8.78. The monoisotopic (exact) mass is 487 g/mol. The third kappa shape index (κ3) is 5.48. The van der Waals surface area contributed by atoms with Gasteiger partial charge in [0, 0.05) is 13.0 Å². The van der Waals surface area contributed by atoms with Gasteiger partial charge in [-0.15, -0.1) is 5.10 Å². The molecule has 186 valence electrons. The van der Waals surface area contributed by atoms with Gasteiger partial charge in [0.15, 0.2) is 0 Å². The highest BCUT2D eigenvalue weighted by Crippen LogP contribution is 2.21. The molecule has 10 nitrogen and oxygen atoms in total. The first kappa shape index (κ1) is 24.8. The maximum Gasteiger partial charge on any atom is 0.335 e. The number of H-pyrrole nitrogens is 1. The number of aromatic amines is 1. The SMILES string of the molecule is CCCCc1ncc(C(=O)N(Cc2ccc(C)cc2C)c2nn[nH]n2)n1Cc1ccc(C(=O)O)cc1. The molecular weight excluding hydrogens is 458 g/mol. The summed E-state index contributed by atoms with van der Waals surface area (Å²) in [5, 5.41) is 23.5. The number of carbonyl (C=O) groups is 2. The average molecular weight is 488 g/mol. The van der Waals surface area contributed by atoms with Gasteiger partial charge in [-0.2, -0.15) is 5.21 Å². The number of nitrogens with one attached hydrogen (secondary N) is 1. The number of hydrogen-bond acceptors (Lipinski definition) is 6. The lowest BCUT2D eigenvalue weighted by Crippen LogP contribution is -2.33. The number of aryl methyl sites for hydroxylation is 3. The summed E-state index contributed by atoms with van der Waals surface area (Å²) in [6, 6.07) is 12.7. The molecule has 0 unspecified atom stereocenters. The van der Waals surface area contributed by atoms with Gasteiger partial charge < -0.3 is 9.67 Å². The third-order valence-corrected chi connectivity index (χ3v) is 6.10. The summed E-state index contributed by atoms with van der Waals surface area (Å²) in [4.78, 5) is 31.2. The van der Waals surface area contributed by atoms with E-state index in [1.807, 2.05) is 30.5 Å². The summed E-state index contributed by atoms with van der Waals surface area (Å²) in [5.74, 6) is -0.310. The van der Waals surface area contributed by atoms with E-state index in [2.05, 4.69) is 38.6 Å². The third-order valence-electron chi connectivity index (χ3n) is 6.10. The van der Waals surface area contributed by atoms with Crippen molar-refractivity contribution < 1.29 is 14.7 Å². The van der Waals surface area contributed by atoms with E-state index in [1.54, 1.807) is 30.5 Å². The van der Waals surface area contributed by atoms with Gasteiger partial charge >= 0.3 is 5.97 Å². The van der Waals surface area contributed by atoms with E-state index in [4.69, 9.17) is 0 Å². The molecule has 2 heterocycles. The molecule has 0 spiro atoms. The summed E-state index contributed by atoms with van der Waals surface area (Å²) < 4.78 is 1.89. The zero-order valence-corrected chi connectivity index (χ0v) is 20.6. The number of amides is 1. The zero-order chi connectivity index (χ0) is 25.7. The molecule has 4 aromatic rings. The van der Waals surface area contributed by atoms with Crippen LogP contribution in [0.1, 0.15) is 68.7 Å². The number of anilines is 1. The molecule has 0 radical (unpaired) electrons. The first-order chi connectivity index (χ1) is 17.4. The molecule has 2 aromatic heterocycles. The van der Waals surface area contributed by atoms with Crippen LogP contribution in [0.5, 0.6) is 0 Å². The number of carboxylic acids is 1. The Morgan fingerprint density at radius 2 is 1.89 bits per heavy atom. The Kier molecular flexibility index (Phi) is 7.53. The van der Waals surface area contributed by atoms with Crippen molar-refractivity contribution in [3.05, 3.63) is 88.0 Å². The number of aromatic carboxylic acids is 1. The second kappa shape index (κ2) is 10.9. The minimum absolute atomic E-state index is 0.175. The van der Waals surface area contributed by atoms with Crippen LogP contribution < -0.4 is 4.90 Å².